The van der Waals surface area contributed by atoms with Crippen molar-refractivity contribution in [1.29, 1.82) is 0 Å². The molecule has 0 spiro atoms. The molecule has 5 rings (SSSR count). The van der Waals surface area contributed by atoms with Gasteiger partial charge in [0.25, 0.3) is 0 Å². The molecule has 0 fully saturated rings. The fourth-order valence-corrected chi connectivity index (χ4v) is 4.83. The van der Waals surface area contributed by atoms with Gasteiger partial charge in [-0.1, -0.05) is 12.1 Å². The maximum absolute atomic E-state index is 9.42. The second kappa shape index (κ2) is 8.13. The molecule has 0 unspecified atom stereocenters. The smallest absolute Gasteiger partial charge is 0.231 e. The fourth-order valence-electron chi connectivity index (χ4n) is 3.77. The van der Waals surface area contributed by atoms with Crippen LogP contribution in [0, 0.1) is 13.8 Å². The van der Waals surface area contributed by atoms with Gasteiger partial charge in [0.1, 0.15) is 16.5 Å². The first-order valence-corrected chi connectivity index (χ1v) is 10.9. The Balaban J connectivity index is 1.61. The highest BCUT2D eigenvalue weighted by molar-refractivity contribution is 7.19. The second-order valence-corrected chi connectivity index (χ2v) is 8.57. The molecular weight excluding hydrogens is 412 g/mol. The van der Waals surface area contributed by atoms with Crippen LogP contribution in [0.4, 0.5) is 5.82 Å². The Labute approximate surface area is 183 Å². The predicted molar refractivity (Wildman–Crippen MR) is 121 cm³/mol. The number of ether oxygens (including phenoxy) is 2. The Kier molecular flexibility index (Phi) is 5.17. The van der Waals surface area contributed by atoms with Crippen LogP contribution in [0.15, 0.2) is 36.4 Å². The van der Waals surface area contributed by atoms with Gasteiger partial charge >= 0.3 is 0 Å². The van der Waals surface area contributed by atoms with Crippen LogP contribution in [-0.4, -0.2) is 33.5 Å². The minimum absolute atomic E-state index is 0.00373. The highest BCUT2D eigenvalue weighted by Crippen LogP contribution is 2.44. The van der Waals surface area contributed by atoms with Crippen molar-refractivity contribution in [2.45, 2.75) is 26.8 Å². The summed E-state index contributed by atoms with van der Waals surface area (Å²) >= 11 is 1.62. The van der Waals surface area contributed by atoms with Crippen LogP contribution in [0.3, 0.4) is 0 Å². The number of nitrogens with zero attached hydrogens (tertiary/aromatic N) is 3. The normalized spacial score (nSPS) is 12.5. The minimum Gasteiger partial charge on any atom is -0.454 e. The van der Waals surface area contributed by atoms with E-state index >= 15 is 0 Å². The molecule has 0 saturated heterocycles. The number of nitrogens with one attached hydrogen (secondary N) is 1. The number of aliphatic hydroxyl groups is 1. The number of thiophene rings is 1. The average Bonchev–Trinajstić information content (AvgIpc) is 3.35. The highest BCUT2D eigenvalue weighted by atomic mass is 32.1. The topological polar surface area (TPSA) is 89.4 Å². The molecule has 0 radical (unpaired) electrons. The van der Waals surface area contributed by atoms with Crippen LogP contribution in [0.1, 0.15) is 22.1 Å². The minimum atomic E-state index is 0.00373. The zero-order valence-electron chi connectivity index (χ0n) is 17.3. The van der Waals surface area contributed by atoms with Crippen molar-refractivity contribution in [2.75, 3.05) is 18.7 Å². The van der Waals surface area contributed by atoms with Crippen LogP contribution in [0.25, 0.3) is 21.3 Å². The van der Waals surface area contributed by atoms with Crippen molar-refractivity contribution in [3.05, 3.63) is 58.5 Å². The lowest BCUT2D eigenvalue weighted by atomic mass is 10.0. The Morgan fingerprint density at radius 1 is 1.06 bits per heavy atom. The van der Waals surface area contributed by atoms with E-state index in [1.165, 1.54) is 0 Å². The number of fused-ring (bicyclic) bond motifs is 2. The van der Waals surface area contributed by atoms with E-state index in [-0.39, 0.29) is 13.4 Å². The van der Waals surface area contributed by atoms with E-state index < -0.39 is 0 Å². The summed E-state index contributed by atoms with van der Waals surface area (Å²) in [5.74, 6) is 2.86. The number of hydrogen-bond acceptors (Lipinski definition) is 8. The molecule has 0 bridgehead atoms. The lowest BCUT2D eigenvalue weighted by molar-refractivity contribution is 0.174. The van der Waals surface area contributed by atoms with E-state index in [0.717, 1.165) is 54.9 Å². The standard InChI is InChI=1S/C23H22N4O3S/c1-13-4-3-5-16(25-13)11-24-22-21-20(15-6-7-17-18(10-15)30-12-29-17)14(2)31-23(21)27-19(26-22)8-9-28/h3-7,10,28H,8-9,11-12H2,1-2H3,(H,24,26,27). The third-order valence-electron chi connectivity index (χ3n) is 5.15. The van der Waals surface area contributed by atoms with Crippen LogP contribution in [0.2, 0.25) is 0 Å². The number of hydrogen-bond donors (Lipinski definition) is 2. The number of aromatic nitrogens is 3. The summed E-state index contributed by atoms with van der Waals surface area (Å²) in [6.45, 7) is 4.85. The molecule has 3 aromatic heterocycles. The summed E-state index contributed by atoms with van der Waals surface area (Å²) in [6, 6.07) is 11.9. The van der Waals surface area contributed by atoms with Gasteiger partial charge in [0.05, 0.1) is 24.2 Å². The van der Waals surface area contributed by atoms with Gasteiger partial charge in [-0.05, 0) is 43.7 Å². The summed E-state index contributed by atoms with van der Waals surface area (Å²) in [5.41, 5.74) is 4.02. The molecule has 4 heterocycles. The van der Waals surface area contributed by atoms with E-state index in [9.17, 15) is 5.11 Å². The van der Waals surface area contributed by atoms with E-state index in [0.29, 0.717) is 18.8 Å². The summed E-state index contributed by atoms with van der Waals surface area (Å²) in [7, 11) is 0. The molecule has 1 aromatic carbocycles. The van der Waals surface area contributed by atoms with Crippen molar-refractivity contribution in [3.8, 4) is 22.6 Å². The number of pyridine rings is 1. The van der Waals surface area contributed by atoms with E-state index in [1.54, 1.807) is 11.3 Å². The molecule has 158 valence electrons. The van der Waals surface area contributed by atoms with Crippen molar-refractivity contribution in [3.63, 3.8) is 0 Å². The Morgan fingerprint density at radius 2 is 1.94 bits per heavy atom. The number of rotatable bonds is 6. The lowest BCUT2D eigenvalue weighted by Crippen LogP contribution is -2.07. The second-order valence-electron chi connectivity index (χ2n) is 7.37. The monoisotopic (exact) mass is 434 g/mol. The van der Waals surface area contributed by atoms with Gasteiger partial charge < -0.3 is 19.9 Å². The van der Waals surface area contributed by atoms with Crippen LogP contribution in [0.5, 0.6) is 11.5 Å². The maximum atomic E-state index is 9.42. The molecule has 0 aliphatic carbocycles. The van der Waals surface area contributed by atoms with Crippen molar-refractivity contribution in [2.24, 2.45) is 0 Å². The number of benzene rings is 1. The molecule has 0 saturated carbocycles. The first-order valence-electron chi connectivity index (χ1n) is 10.1. The first kappa shape index (κ1) is 19.7. The molecule has 0 atom stereocenters. The Morgan fingerprint density at radius 3 is 2.77 bits per heavy atom. The summed E-state index contributed by atoms with van der Waals surface area (Å²) in [6.07, 6.45) is 0.406. The summed E-state index contributed by atoms with van der Waals surface area (Å²) < 4.78 is 11.0. The lowest BCUT2D eigenvalue weighted by Gasteiger charge is -2.11. The molecule has 2 N–H and O–H groups in total. The quantitative estimate of drug-likeness (QED) is 0.469. The Bertz CT molecular complexity index is 1270. The maximum Gasteiger partial charge on any atom is 0.231 e. The fraction of sp³-hybridized carbons (Fsp3) is 0.261. The van der Waals surface area contributed by atoms with Gasteiger partial charge in [0.15, 0.2) is 11.5 Å². The summed E-state index contributed by atoms with van der Waals surface area (Å²) in [4.78, 5) is 16.1. The van der Waals surface area contributed by atoms with E-state index in [1.807, 2.05) is 43.3 Å². The van der Waals surface area contributed by atoms with Crippen LogP contribution >= 0.6 is 11.3 Å². The largest absolute Gasteiger partial charge is 0.454 e. The zero-order valence-corrected chi connectivity index (χ0v) is 18.1. The van der Waals surface area contributed by atoms with Crippen molar-refractivity contribution < 1.29 is 14.6 Å². The summed E-state index contributed by atoms with van der Waals surface area (Å²) in [5, 5.41) is 13.8. The molecule has 31 heavy (non-hydrogen) atoms. The van der Waals surface area contributed by atoms with E-state index in [4.69, 9.17) is 19.4 Å². The van der Waals surface area contributed by atoms with Gasteiger partial charge in [0.2, 0.25) is 6.79 Å². The average molecular weight is 435 g/mol. The van der Waals surface area contributed by atoms with E-state index in [2.05, 4.69) is 17.2 Å². The predicted octanol–water partition coefficient (Wildman–Crippen LogP) is 4.25. The Hall–Kier alpha value is -3.23. The van der Waals surface area contributed by atoms with Crippen LogP contribution in [-0.2, 0) is 13.0 Å². The first-order chi connectivity index (χ1) is 15.1. The molecule has 7 nitrogen and oxygen atoms in total. The van der Waals surface area contributed by atoms with Crippen molar-refractivity contribution >= 4 is 27.4 Å². The molecule has 1 aliphatic heterocycles. The third-order valence-corrected chi connectivity index (χ3v) is 6.15. The van der Waals surface area contributed by atoms with Gasteiger partial charge in [-0.15, -0.1) is 11.3 Å². The third kappa shape index (κ3) is 3.80. The SMILES string of the molecule is Cc1cccc(CNc2nc(CCO)nc3sc(C)c(-c4ccc5c(c4)OCO5)c23)n1. The number of aliphatic hydroxyl groups excluding tert-OH is 1. The van der Waals surface area contributed by atoms with Gasteiger partial charge in [-0.25, -0.2) is 9.97 Å². The molecule has 4 aromatic rings. The number of anilines is 1. The van der Waals surface area contributed by atoms with Gasteiger partial charge in [-0.2, -0.15) is 0 Å². The van der Waals surface area contributed by atoms with Gasteiger partial charge in [0, 0.05) is 22.6 Å². The van der Waals surface area contributed by atoms with Crippen molar-refractivity contribution in [1.82, 2.24) is 15.0 Å². The molecule has 8 heteroatoms. The molecule has 0 amide bonds. The highest BCUT2D eigenvalue weighted by Gasteiger charge is 2.21. The zero-order chi connectivity index (χ0) is 21.4. The molecule has 1 aliphatic rings. The van der Waals surface area contributed by atoms with Crippen LogP contribution < -0.4 is 14.8 Å². The number of aryl methyl sites for hydroxylation is 2. The van der Waals surface area contributed by atoms with Gasteiger partial charge in [-0.3, -0.25) is 4.98 Å². The molecular formula is C23H22N4O3S.